The fraction of sp³-hybridized carbons (Fsp3) is 0.154. The van der Waals surface area contributed by atoms with Crippen LogP contribution >= 0.6 is 43.2 Å². The van der Waals surface area contributed by atoms with Crippen molar-refractivity contribution in [3.05, 3.63) is 59.1 Å². The molecule has 0 aliphatic rings. The van der Waals surface area contributed by atoms with E-state index in [1.165, 1.54) is 17.0 Å². The first-order valence-corrected chi connectivity index (χ1v) is 8.27. The van der Waals surface area contributed by atoms with Crippen LogP contribution < -0.4 is 0 Å². The van der Waals surface area contributed by atoms with Gasteiger partial charge in [0.25, 0.3) is 11.6 Å². The second-order valence-corrected chi connectivity index (χ2v) is 7.49. The van der Waals surface area contributed by atoms with Crippen LogP contribution in [-0.4, -0.2) is 22.8 Å². The van der Waals surface area contributed by atoms with E-state index in [9.17, 15) is 14.9 Å². The number of nitro groups is 1. The third kappa shape index (κ3) is 3.90. The summed E-state index contributed by atoms with van der Waals surface area (Å²) in [5.74, 6) is -0.257. The smallest absolute Gasteiger partial charge is 0.284 e. The van der Waals surface area contributed by atoms with Crippen LogP contribution in [0.4, 0.5) is 5.69 Å². The Kier molecular flexibility index (Phi) is 5.13. The van der Waals surface area contributed by atoms with E-state index in [1.54, 1.807) is 24.5 Å². The molecule has 0 unspecified atom stereocenters. The molecular weight excluding hydrogens is 424 g/mol. The number of nitro benzene ring substituents is 1. The average molecular weight is 434 g/mol. The Labute approximate surface area is 142 Å². The van der Waals surface area contributed by atoms with Gasteiger partial charge < -0.3 is 4.90 Å². The van der Waals surface area contributed by atoms with Gasteiger partial charge in [0.15, 0.2) is 0 Å². The Bertz CT molecular complexity index is 702. The summed E-state index contributed by atoms with van der Waals surface area (Å²) in [4.78, 5) is 24.2. The van der Waals surface area contributed by atoms with E-state index < -0.39 is 4.92 Å². The first-order valence-electron chi connectivity index (χ1n) is 5.81. The van der Waals surface area contributed by atoms with Gasteiger partial charge in [0.05, 0.1) is 13.2 Å². The van der Waals surface area contributed by atoms with Crippen molar-refractivity contribution in [3.63, 3.8) is 0 Å². The molecule has 0 bridgehead atoms. The summed E-state index contributed by atoms with van der Waals surface area (Å²) in [6, 6.07) is 6.31. The third-order valence-electron chi connectivity index (χ3n) is 2.78. The van der Waals surface area contributed by atoms with E-state index in [0.29, 0.717) is 16.6 Å². The molecule has 5 nitrogen and oxygen atoms in total. The van der Waals surface area contributed by atoms with E-state index in [0.717, 1.165) is 9.35 Å². The molecule has 110 valence electrons. The molecule has 0 N–H and O–H groups in total. The monoisotopic (exact) mass is 432 g/mol. The number of hydrogen-bond acceptors (Lipinski definition) is 4. The number of carbonyl (C=O) groups excluding carboxylic acids is 1. The Morgan fingerprint density at radius 2 is 2.10 bits per heavy atom. The lowest BCUT2D eigenvalue weighted by Crippen LogP contribution is -2.26. The van der Waals surface area contributed by atoms with Gasteiger partial charge in [0.2, 0.25) is 0 Å². The lowest BCUT2D eigenvalue weighted by Gasteiger charge is -2.16. The molecule has 1 heterocycles. The van der Waals surface area contributed by atoms with Crippen molar-refractivity contribution in [2.24, 2.45) is 0 Å². The number of benzene rings is 1. The number of amides is 1. The predicted molar refractivity (Wildman–Crippen MR) is 88.6 cm³/mol. The summed E-state index contributed by atoms with van der Waals surface area (Å²) in [5, 5.41) is 12.9. The van der Waals surface area contributed by atoms with Crippen LogP contribution in [-0.2, 0) is 6.54 Å². The highest BCUT2D eigenvalue weighted by atomic mass is 79.9. The maximum absolute atomic E-state index is 12.3. The van der Waals surface area contributed by atoms with Crippen molar-refractivity contribution < 1.29 is 9.72 Å². The fourth-order valence-electron chi connectivity index (χ4n) is 1.78. The van der Waals surface area contributed by atoms with Crippen molar-refractivity contribution in [1.29, 1.82) is 0 Å². The Morgan fingerprint density at radius 3 is 2.67 bits per heavy atom. The summed E-state index contributed by atoms with van der Waals surface area (Å²) in [6.45, 7) is 0.449. The molecule has 8 heteroatoms. The zero-order chi connectivity index (χ0) is 15.6. The molecule has 0 fully saturated rings. The number of thiophene rings is 1. The summed E-state index contributed by atoms with van der Waals surface area (Å²) in [6.07, 6.45) is 0. The van der Waals surface area contributed by atoms with Gasteiger partial charge in [0.1, 0.15) is 0 Å². The molecule has 0 radical (unpaired) electrons. The highest BCUT2D eigenvalue weighted by molar-refractivity contribution is 9.11. The molecule has 0 aliphatic heterocycles. The lowest BCUT2D eigenvalue weighted by atomic mass is 10.1. The quantitative estimate of drug-likeness (QED) is 0.528. The van der Waals surface area contributed by atoms with Crippen molar-refractivity contribution in [2.75, 3.05) is 7.05 Å². The predicted octanol–water partition coefficient (Wildman–Crippen LogP) is 4.45. The molecule has 21 heavy (non-hydrogen) atoms. The number of nitrogens with zero attached hydrogens (tertiary/aromatic N) is 2. The fourth-order valence-corrected chi connectivity index (χ4v) is 3.37. The summed E-state index contributed by atoms with van der Waals surface area (Å²) < 4.78 is 1.35. The second kappa shape index (κ2) is 6.67. The normalized spacial score (nSPS) is 10.4. The highest BCUT2D eigenvalue weighted by Crippen LogP contribution is 2.26. The van der Waals surface area contributed by atoms with Gasteiger partial charge in [-0.3, -0.25) is 14.9 Å². The van der Waals surface area contributed by atoms with Crippen molar-refractivity contribution in [1.82, 2.24) is 4.90 Å². The minimum atomic E-state index is -0.517. The number of carbonyl (C=O) groups is 1. The van der Waals surface area contributed by atoms with Gasteiger partial charge in [-0.25, -0.2) is 0 Å². The van der Waals surface area contributed by atoms with Gasteiger partial charge in [-0.1, -0.05) is 0 Å². The standard InChI is InChI=1S/C13H10Br2N2O3S/c1-16(6-8-4-12(15)21-7-8)13(18)9-2-3-10(14)11(5-9)17(19)20/h2-5,7H,6H2,1H3. The molecule has 0 spiro atoms. The van der Waals surface area contributed by atoms with Crippen molar-refractivity contribution in [2.45, 2.75) is 6.54 Å². The molecule has 0 aliphatic carbocycles. The number of rotatable bonds is 4. The Hall–Kier alpha value is -1.25. The van der Waals surface area contributed by atoms with Crippen LogP contribution in [0.1, 0.15) is 15.9 Å². The molecule has 1 amide bonds. The van der Waals surface area contributed by atoms with E-state index in [4.69, 9.17) is 0 Å². The largest absolute Gasteiger partial charge is 0.337 e. The highest BCUT2D eigenvalue weighted by Gasteiger charge is 2.18. The molecule has 1 aromatic carbocycles. The number of hydrogen-bond donors (Lipinski definition) is 0. The first kappa shape index (κ1) is 16.1. The first-order chi connectivity index (χ1) is 9.88. The molecule has 0 saturated heterocycles. The average Bonchev–Trinajstić information content (AvgIpc) is 2.83. The molecule has 1 aromatic heterocycles. The summed E-state index contributed by atoms with van der Waals surface area (Å²) >= 11 is 8.02. The summed E-state index contributed by atoms with van der Waals surface area (Å²) in [7, 11) is 1.67. The number of halogens is 2. The Morgan fingerprint density at radius 1 is 1.38 bits per heavy atom. The van der Waals surface area contributed by atoms with E-state index in [2.05, 4.69) is 31.9 Å². The van der Waals surface area contributed by atoms with Gasteiger partial charge in [-0.2, -0.15) is 0 Å². The van der Waals surface area contributed by atoms with Crippen LogP contribution in [0.25, 0.3) is 0 Å². The van der Waals surface area contributed by atoms with Crippen LogP contribution in [0.3, 0.4) is 0 Å². The molecule has 0 saturated carbocycles. The minimum Gasteiger partial charge on any atom is -0.337 e. The molecule has 2 rings (SSSR count). The van der Waals surface area contributed by atoms with Gasteiger partial charge in [-0.05, 0) is 61.0 Å². The van der Waals surface area contributed by atoms with Crippen LogP contribution in [0.15, 0.2) is 37.9 Å². The summed E-state index contributed by atoms with van der Waals surface area (Å²) in [5.41, 5.74) is 1.18. The van der Waals surface area contributed by atoms with Crippen LogP contribution in [0.5, 0.6) is 0 Å². The maximum Gasteiger partial charge on any atom is 0.284 e. The minimum absolute atomic E-state index is 0.118. The van der Waals surface area contributed by atoms with Gasteiger partial charge in [-0.15, -0.1) is 11.3 Å². The zero-order valence-electron chi connectivity index (χ0n) is 10.9. The SMILES string of the molecule is CN(Cc1csc(Br)c1)C(=O)c1ccc(Br)c([N+](=O)[O-])c1. The molecule has 0 atom stereocenters. The van der Waals surface area contributed by atoms with Crippen LogP contribution in [0, 0.1) is 10.1 Å². The molecular formula is C13H10Br2N2O3S. The van der Waals surface area contributed by atoms with Crippen LogP contribution in [0.2, 0.25) is 0 Å². The zero-order valence-corrected chi connectivity index (χ0v) is 14.9. The van der Waals surface area contributed by atoms with E-state index in [-0.39, 0.29) is 11.6 Å². The van der Waals surface area contributed by atoms with Gasteiger partial charge >= 0.3 is 0 Å². The second-order valence-electron chi connectivity index (χ2n) is 4.34. The third-order valence-corrected chi connectivity index (χ3v) is 5.00. The van der Waals surface area contributed by atoms with E-state index >= 15 is 0 Å². The maximum atomic E-state index is 12.3. The molecule has 2 aromatic rings. The topological polar surface area (TPSA) is 63.5 Å². The van der Waals surface area contributed by atoms with E-state index in [1.807, 2.05) is 11.4 Å². The van der Waals surface area contributed by atoms with Crippen molar-refractivity contribution in [3.8, 4) is 0 Å². The Balaban J connectivity index is 2.19. The van der Waals surface area contributed by atoms with Crippen molar-refractivity contribution >= 4 is 54.8 Å². The van der Waals surface area contributed by atoms with Gasteiger partial charge in [0, 0.05) is 25.2 Å². The lowest BCUT2D eigenvalue weighted by molar-refractivity contribution is -0.385.